The average molecular weight is 353 g/mol. The van der Waals surface area contributed by atoms with Gasteiger partial charge in [-0.2, -0.15) is 0 Å². The maximum Gasteiger partial charge on any atom is 0.242 e. The third-order valence-electron chi connectivity index (χ3n) is 3.22. The zero-order chi connectivity index (χ0) is 15.3. The molecule has 1 aliphatic rings. The SMILES string of the molecule is O=S(=O)(NCCOC1CCNCC1)c1cc(Cl)ccc1Cl. The van der Waals surface area contributed by atoms with Crippen LogP contribution in [0.2, 0.25) is 10.0 Å². The first kappa shape index (κ1) is 17.0. The molecule has 1 fully saturated rings. The van der Waals surface area contributed by atoms with Crippen LogP contribution in [0.3, 0.4) is 0 Å². The van der Waals surface area contributed by atoms with Gasteiger partial charge in [-0.3, -0.25) is 0 Å². The van der Waals surface area contributed by atoms with E-state index in [1.54, 1.807) is 6.07 Å². The van der Waals surface area contributed by atoms with E-state index in [1.807, 2.05) is 0 Å². The molecule has 0 atom stereocenters. The number of hydrogen-bond acceptors (Lipinski definition) is 4. The molecule has 118 valence electrons. The van der Waals surface area contributed by atoms with Crippen LogP contribution in [-0.2, 0) is 14.8 Å². The van der Waals surface area contributed by atoms with Crippen LogP contribution < -0.4 is 10.0 Å². The number of nitrogens with one attached hydrogen (secondary N) is 2. The fourth-order valence-corrected chi connectivity index (χ4v) is 3.90. The number of piperidine rings is 1. The van der Waals surface area contributed by atoms with E-state index in [2.05, 4.69) is 10.0 Å². The van der Waals surface area contributed by atoms with Crippen molar-refractivity contribution in [3.63, 3.8) is 0 Å². The maximum atomic E-state index is 12.1. The van der Waals surface area contributed by atoms with Gasteiger partial charge in [-0.1, -0.05) is 23.2 Å². The van der Waals surface area contributed by atoms with Gasteiger partial charge in [0, 0.05) is 11.6 Å². The maximum absolute atomic E-state index is 12.1. The number of benzene rings is 1. The average Bonchev–Trinajstić information content (AvgIpc) is 2.47. The minimum atomic E-state index is -3.68. The molecule has 2 rings (SSSR count). The lowest BCUT2D eigenvalue weighted by molar-refractivity contribution is 0.0367. The fourth-order valence-electron chi connectivity index (χ4n) is 2.12. The number of hydrogen-bond donors (Lipinski definition) is 2. The van der Waals surface area contributed by atoms with E-state index in [0.29, 0.717) is 11.6 Å². The second-order valence-corrected chi connectivity index (χ2v) is 7.37. The van der Waals surface area contributed by atoms with Crippen molar-refractivity contribution >= 4 is 33.2 Å². The summed E-state index contributed by atoms with van der Waals surface area (Å²) in [7, 11) is -3.68. The van der Waals surface area contributed by atoms with Crippen LogP contribution in [0.5, 0.6) is 0 Å². The highest BCUT2D eigenvalue weighted by Crippen LogP contribution is 2.24. The van der Waals surface area contributed by atoms with Gasteiger partial charge >= 0.3 is 0 Å². The molecule has 0 saturated carbocycles. The molecule has 0 amide bonds. The highest BCUT2D eigenvalue weighted by atomic mass is 35.5. The van der Waals surface area contributed by atoms with Crippen molar-refractivity contribution in [3.05, 3.63) is 28.2 Å². The molecular weight excluding hydrogens is 335 g/mol. The molecule has 0 spiro atoms. The van der Waals surface area contributed by atoms with Crippen molar-refractivity contribution in [1.29, 1.82) is 0 Å². The number of halogens is 2. The third-order valence-corrected chi connectivity index (χ3v) is 5.39. The van der Waals surface area contributed by atoms with E-state index in [4.69, 9.17) is 27.9 Å². The van der Waals surface area contributed by atoms with Crippen molar-refractivity contribution < 1.29 is 13.2 Å². The molecule has 5 nitrogen and oxygen atoms in total. The van der Waals surface area contributed by atoms with Crippen molar-refractivity contribution in [2.45, 2.75) is 23.8 Å². The lowest BCUT2D eigenvalue weighted by Crippen LogP contribution is -2.34. The van der Waals surface area contributed by atoms with E-state index in [9.17, 15) is 8.42 Å². The van der Waals surface area contributed by atoms with Crippen LogP contribution in [0.4, 0.5) is 0 Å². The molecule has 1 aliphatic heterocycles. The number of rotatable bonds is 6. The molecule has 0 radical (unpaired) electrons. The number of ether oxygens (including phenoxy) is 1. The standard InChI is InChI=1S/C13H18Cl2N2O3S/c14-10-1-2-12(15)13(9-10)21(18,19)17-7-8-20-11-3-5-16-6-4-11/h1-2,9,11,16-17H,3-8H2. The highest BCUT2D eigenvalue weighted by Gasteiger charge is 2.18. The molecule has 1 aromatic rings. The molecule has 0 aromatic heterocycles. The van der Waals surface area contributed by atoms with E-state index < -0.39 is 10.0 Å². The topological polar surface area (TPSA) is 67.4 Å². The van der Waals surface area contributed by atoms with Gasteiger partial charge < -0.3 is 10.1 Å². The van der Waals surface area contributed by atoms with Crippen molar-refractivity contribution in [1.82, 2.24) is 10.0 Å². The van der Waals surface area contributed by atoms with Gasteiger partial charge in [0.2, 0.25) is 10.0 Å². The molecule has 0 unspecified atom stereocenters. The largest absolute Gasteiger partial charge is 0.377 e. The molecule has 1 aromatic carbocycles. The Kier molecular flexibility index (Phi) is 6.28. The minimum absolute atomic E-state index is 0.0152. The summed E-state index contributed by atoms with van der Waals surface area (Å²) in [6, 6.07) is 4.34. The van der Waals surface area contributed by atoms with Gasteiger partial charge in [-0.05, 0) is 44.1 Å². The second-order valence-electron chi connectivity index (χ2n) is 4.79. The Morgan fingerprint density at radius 1 is 1.29 bits per heavy atom. The molecule has 0 bridgehead atoms. The Labute approximate surface area is 135 Å². The molecule has 1 saturated heterocycles. The van der Waals surface area contributed by atoms with Crippen molar-refractivity contribution in [3.8, 4) is 0 Å². The van der Waals surface area contributed by atoms with Crippen LogP contribution in [0.15, 0.2) is 23.1 Å². The van der Waals surface area contributed by atoms with Crippen LogP contribution in [-0.4, -0.2) is 40.8 Å². The Bertz CT molecular complexity index is 575. The van der Waals surface area contributed by atoms with Crippen LogP contribution in [0, 0.1) is 0 Å². The molecule has 1 heterocycles. The molecule has 8 heteroatoms. The lowest BCUT2D eigenvalue weighted by atomic mass is 10.1. The lowest BCUT2D eigenvalue weighted by Gasteiger charge is -2.22. The van der Waals surface area contributed by atoms with Gasteiger partial charge in [-0.15, -0.1) is 0 Å². The summed E-state index contributed by atoms with van der Waals surface area (Å²) in [6.45, 7) is 2.42. The second kappa shape index (κ2) is 7.76. The predicted molar refractivity (Wildman–Crippen MR) is 83.5 cm³/mol. The summed E-state index contributed by atoms with van der Waals surface area (Å²) < 4.78 is 32.4. The summed E-state index contributed by atoms with van der Waals surface area (Å²) >= 11 is 11.7. The summed E-state index contributed by atoms with van der Waals surface area (Å²) in [4.78, 5) is -0.0152. The van der Waals surface area contributed by atoms with Gasteiger partial charge in [0.05, 0.1) is 17.7 Å². The quantitative estimate of drug-likeness (QED) is 0.768. The predicted octanol–water partition coefficient (Wildman–Crippen LogP) is 2.04. The van der Waals surface area contributed by atoms with Crippen LogP contribution >= 0.6 is 23.2 Å². The first-order valence-corrected chi connectivity index (χ1v) is 9.00. The number of sulfonamides is 1. The summed E-state index contributed by atoms with van der Waals surface area (Å²) in [5, 5.41) is 3.71. The fraction of sp³-hybridized carbons (Fsp3) is 0.538. The van der Waals surface area contributed by atoms with Gasteiger partial charge in [0.25, 0.3) is 0 Å². The zero-order valence-corrected chi connectivity index (χ0v) is 13.8. The molecule has 0 aliphatic carbocycles. The van der Waals surface area contributed by atoms with Crippen molar-refractivity contribution in [2.75, 3.05) is 26.2 Å². The van der Waals surface area contributed by atoms with Gasteiger partial charge in [0.1, 0.15) is 4.90 Å². The Balaban J connectivity index is 1.85. The highest BCUT2D eigenvalue weighted by molar-refractivity contribution is 7.89. The van der Waals surface area contributed by atoms with E-state index in [-0.39, 0.29) is 22.6 Å². The van der Waals surface area contributed by atoms with Crippen LogP contribution in [0.1, 0.15) is 12.8 Å². The van der Waals surface area contributed by atoms with E-state index in [0.717, 1.165) is 25.9 Å². The zero-order valence-electron chi connectivity index (χ0n) is 11.4. The van der Waals surface area contributed by atoms with Gasteiger partial charge in [-0.25, -0.2) is 13.1 Å². The smallest absolute Gasteiger partial charge is 0.242 e. The third kappa shape index (κ3) is 5.09. The Morgan fingerprint density at radius 2 is 2.00 bits per heavy atom. The van der Waals surface area contributed by atoms with Crippen LogP contribution in [0.25, 0.3) is 0 Å². The summed E-state index contributed by atoms with van der Waals surface area (Å²) in [5.41, 5.74) is 0. The molecular formula is C13H18Cl2N2O3S. The normalized spacial score (nSPS) is 17.0. The first-order valence-electron chi connectivity index (χ1n) is 6.76. The summed E-state index contributed by atoms with van der Waals surface area (Å²) in [5.74, 6) is 0. The minimum Gasteiger partial charge on any atom is -0.377 e. The molecule has 2 N–H and O–H groups in total. The molecule has 21 heavy (non-hydrogen) atoms. The van der Waals surface area contributed by atoms with E-state index in [1.165, 1.54) is 12.1 Å². The van der Waals surface area contributed by atoms with Crippen molar-refractivity contribution in [2.24, 2.45) is 0 Å². The summed E-state index contributed by atoms with van der Waals surface area (Å²) in [6.07, 6.45) is 2.10. The Hall–Kier alpha value is -0.370. The monoisotopic (exact) mass is 352 g/mol. The first-order chi connectivity index (χ1) is 9.99. The Morgan fingerprint density at radius 3 is 2.71 bits per heavy atom. The van der Waals surface area contributed by atoms with Gasteiger partial charge in [0.15, 0.2) is 0 Å². The van der Waals surface area contributed by atoms with E-state index >= 15 is 0 Å².